The zero-order valence-electron chi connectivity index (χ0n) is 18.5. The van der Waals surface area contributed by atoms with Gasteiger partial charge in [0.25, 0.3) is 11.5 Å². The highest BCUT2D eigenvalue weighted by atomic mass is 19.1. The van der Waals surface area contributed by atoms with Gasteiger partial charge in [0.15, 0.2) is 5.69 Å². The Kier molecular flexibility index (Phi) is 7.07. The van der Waals surface area contributed by atoms with Gasteiger partial charge in [-0.25, -0.2) is 9.37 Å². The van der Waals surface area contributed by atoms with Gasteiger partial charge in [0, 0.05) is 47.3 Å². The van der Waals surface area contributed by atoms with E-state index in [9.17, 15) is 28.7 Å². The third-order valence-electron chi connectivity index (χ3n) is 5.28. The molecule has 0 radical (unpaired) electrons. The second-order valence-corrected chi connectivity index (χ2v) is 7.77. The van der Waals surface area contributed by atoms with Crippen LogP contribution in [0.3, 0.4) is 0 Å². The van der Waals surface area contributed by atoms with Gasteiger partial charge in [0.05, 0.1) is 0 Å². The molecule has 3 rings (SSSR count). The van der Waals surface area contributed by atoms with Crippen molar-refractivity contribution in [3.63, 3.8) is 0 Å². The molecule has 0 aliphatic carbocycles. The first-order valence-electron chi connectivity index (χ1n) is 10.2. The molecular weight excluding hydrogens is 435 g/mol. The Hall–Kier alpha value is -3.80. The van der Waals surface area contributed by atoms with Crippen LogP contribution in [0.25, 0.3) is 0 Å². The molecule has 2 aromatic rings. The van der Waals surface area contributed by atoms with Crippen molar-refractivity contribution in [3.8, 4) is 5.75 Å². The van der Waals surface area contributed by atoms with E-state index < -0.39 is 46.6 Å². The Morgan fingerprint density at radius 3 is 2.52 bits per heavy atom. The Morgan fingerprint density at radius 2 is 1.88 bits per heavy atom. The fourth-order valence-corrected chi connectivity index (χ4v) is 3.37. The highest BCUT2D eigenvalue weighted by Gasteiger charge is 2.33. The molecule has 0 bridgehead atoms. The number of aromatic nitrogens is 2. The highest BCUT2D eigenvalue weighted by Crippen LogP contribution is 2.21. The number of carbonyl (C=O) groups excluding carboxylic acids is 3. The minimum Gasteiger partial charge on any atom is -0.501 e. The Balaban J connectivity index is 1.95. The highest BCUT2D eigenvalue weighted by molar-refractivity contribution is 6.34. The molecule has 1 aromatic carbocycles. The molecule has 3 amide bonds. The van der Waals surface area contributed by atoms with Crippen molar-refractivity contribution in [2.24, 2.45) is 0 Å². The summed E-state index contributed by atoms with van der Waals surface area (Å²) >= 11 is 0. The van der Waals surface area contributed by atoms with Crippen LogP contribution >= 0.6 is 0 Å². The SMILES string of the molecule is CN(C)C(=O)C(=O)N(C)C1CNCCn2c1nc(C(=O)NCc1ccc(F)cc1)c(O)c2=O. The number of aromatic hydroxyl groups is 1. The average molecular weight is 460 g/mol. The zero-order chi connectivity index (χ0) is 24.3. The molecule has 12 heteroatoms. The molecule has 0 saturated heterocycles. The molecule has 0 spiro atoms. The van der Waals surface area contributed by atoms with E-state index in [1.54, 1.807) is 0 Å². The van der Waals surface area contributed by atoms with Gasteiger partial charge in [-0.3, -0.25) is 23.7 Å². The van der Waals surface area contributed by atoms with Crippen molar-refractivity contribution >= 4 is 17.7 Å². The molecule has 3 N–H and O–H groups in total. The smallest absolute Gasteiger partial charge is 0.312 e. The van der Waals surface area contributed by atoms with Crippen LogP contribution in [-0.4, -0.2) is 76.4 Å². The topological polar surface area (TPSA) is 137 Å². The summed E-state index contributed by atoms with van der Waals surface area (Å²) in [7, 11) is 4.29. The standard InChI is InChI=1S/C21H25FN6O5/c1-26(2)20(32)21(33)27(3)14-11-23-8-9-28-17(14)25-15(16(29)19(28)31)18(30)24-10-12-4-6-13(22)7-5-12/h4-7,14,23,29H,8-11H2,1-3H3,(H,24,30). The Labute approximate surface area is 188 Å². The number of halogens is 1. The van der Waals surface area contributed by atoms with E-state index in [1.807, 2.05) is 0 Å². The van der Waals surface area contributed by atoms with E-state index in [0.29, 0.717) is 12.1 Å². The molecule has 33 heavy (non-hydrogen) atoms. The van der Waals surface area contributed by atoms with Gasteiger partial charge in [0.2, 0.25) is 5.75 Å². The van der Waals surface area contributed by atoms with Crippen LogP contribution in [0.15, 0.2) is 29.1 Å². The summed E-state index contributed by atoms with van der Waals surface area (Å²) in [5.41, 5.74) is -0.731. The normalized spacial score (nSPS) is 15.2. The van der Waals surface area contributed by atoms with Crippen LogP contribution in [0.4, 0.5) is 4.39 Å². The molecule has 1 unspecified atom stereocenters. The molecular formula is C21H25FN6O5. The number of benzene rings is 1. The largest absolute Gasteiger partial charge is 0.501 e. The first-order chi connectivity index (χ1) is 15.6. The van der Waals surface area contributed by atoms with E-state index in [0.717, 1.165) is 9.80 Å². The number of rotatable bonds is 4. The molecule has 1 atom stereocenters. The van der Waals surface area contributed by atoms with Gasteiger partial charge < -0.3 is 25.5 Å². The maximum atomic E-state index is 13.1. The lowest BCUT2D eigenvalue weighted by Crippen LogP contribution is -2.45. The van der Waals surface area contributed by atoms with Crippen LogP contribution in [-0.2, 0) is 22.7 Å². The number of hydrogen-bond acceptors (Lipinski definition) is 7. The van der Waals surface area contributed by atoms with Crippen molar-refractivity contribution in [1.29, 1.82) is 0 Å². The molecule has 0 saturated carbocycles. The van der Waals surface area contributed by atoms with Crippen LogP contribution in [0, 0.1) is 5.82 Å². The van der Waals surface area contributed by atoms with Crippen LogP contribution in [0.1, 0.15) is 27.9 Å². The van der Waals surface area contributed by atoms with Crippen LogP contribution < -0.4 is 16.2 Å². The fourth-order valence-electron chi connectivity index (χ4n) is 3.37. The summed E-state index contributed by atoms with van der Waals surface area (Å²) in [6, 6.07) is 4.61. The number of hydrogen-bond donors (Lipinski definition) is 3. The summed E-state index contributed by atoms with van der Waals surface area (Å²) < 4.78 is 14.3. The van der Waals surface area contributed by atoms with E-state index in [-0.39, 0.29) is 25.5 Å². The van der Waals surface area contributed by atoms with Crippen molar-refractivity contribution in [3.05, 3.63) is 57.5 Å². The monoisotopic (exact) mass is 460 g/mol. The van der Waals surface area contributed by atoms with Crippen molar-refractivity contribution in [2.45, 2.75) is 19.1 Å². The van der Waals surface area contributed by atoms with Gasteiger partial charge in [-0.2, -0.15) is 0 Å². The van der Waals surface area contributed by atoms with Gasteiger partial charge in [-0.1, -0.05) is 12.1 Å². The second-order valence-electron chi connectivity index (χ2n) is 7.77. The number of carbonyl (C=O) groups is 3. The summed E-state index contributed by atoms with van der Waals surface area (Å²) in [4.78, 5) is 56.8. The molecule has 176 valence electrons. The third-order valence-corrected chi connectivity index (χ3v) is 5.28. The average Bonchev–Trinajstić information content (AvgIpc) is 3.01. The number of fused-ring (bicyclic) bond motifs is 1. The predicted molar refractivity (Wildman–Crippen MR) is 115 cm³/mol. The summed E-state index contributed by atoms with van der Waals surface area (Å²) in [6.07, 6.45) is 0. The third kappa shape index (κ3) is 5.00. The first-order valence-corrected chi connectivity index (χ1v) is 10.2. The Morgan fingerprint density at radius 1 is 1.21 bits per heavy atom. The molecule has 1 aliphatic rings. The number of amides is 3. The van der Waals surface area contributed by atoms with Gasteiger partial charge in [-0.15, -0.1) is 0 Å². The van der Waals surface area contributed by atoms with Crippen molar-refractivity contribution in [2.75, 3.05) is 34.2 Å². The lowest BCUT2D eigenvalue weighted by Gasteiger charge is -2.28. The predicted octanol–water partition coefficient (Wildman–Crippen LogP) is -0.791. The molecule has 1 aliphatic heterocycles. The summed E-state index contributed by atoms with van der Waals surface area (Å²) in [5, 5.41) is 16.0. The van der Waals surface area contributed by atoms with E-state index in [4.69, 9.17) is 0 Å². The molecule has 11 nitrogen and oxygen atoms in total. The Bertz CT molecular complexity index is 1130. The summed E-state index contributed by atoms with van der Waals surface area (Å²) in [5.74, 6) is -3.57. The van der Waals surface area contributed by atoms with Gasteiger partial charge >= 0.3 is 11.8 Å². The minimum absolute atomic E-state index is 0.0133. The van der Waals surface area contributed by atoms with E-state index >= 15 is 0 Å². The lowest BCUT2D eigenvalue weighted by atomic mass is 10.2. The van der Waals surface area contributed by atoms with Gasteiger partial charge in [0.1, 0.15) is 17.7 Å². The minimum atomic E-state index is -0.846. The van der Waals surface area contributed by atoms with Crippen molar-refractivity contribution < 1.29 is 23.9 Å². The number of likely N-dealkylation sites (N-methyl/N-ethyl adjacent to an activating group) is 2. The first kappa shape index (κ1) is 23.9. The van der Waals surface area contributed by atoms with Crippen LogP contribution in [0.5, 0.6) is 5.75 Å². The van der Waals surface area contributed by atoms with E-state index in [2.05, 4.69) is 15.6 Å². The van der Waals surface area contributed by atoms with Crippen LogP contribution in [0.2, 0.25) is 0 Å². The van der Waals surface area contributed by atoms with E-state index in [1.165, 1.54) is 50.0 Å². The molecule has 0 fully saturated rings. The van der Waals surface area contributed by atoms with Crippen molar-refractivity contribution in [1.82, 2.24) is 30.0 Å². The zero-order valence-corrected chi connectivity index (χ0v) is 18.5. The van der Waals surface area contributed by atoms with Gasteiger partial charge in [-0.05, 0) is 17.7 Å². The number of nitrogens with one attached hydrogen (secondary N) is 2. The maximum absolute atomic E-state index is 13.1. The molecule has 1 aromatic heterocycles. The quantitative estimate of drug-likeness (QED) is 0.509. The second kappa shape index (κ2) is 9.77. The number of nitrogens with zero attached hydrogens (tertiary/aromatic N) is 4. The maximum Gasteiger partial charge on any atom is 0.312 e. The fraction of sp³-hybridized carbons (Fsp3) is 0.381. The lowest BCUT2D eigenvalue weighted by molar-refractivity contribution is -0.150. The molecule has 2 heterocycles. The summed E-state index contributed by atoms with van der Waals surface area (Å²) in [6.45, 7) is 0.687.